The van der Waals surface area contributed by atoms with E-state index < -0.39 is 0 Å². The zero-order chi connectivity index (χ0) is 17.2. The number of benzene rings is 1. The second-order valence-electron chi connectivity index (χ2n) is 5.52. The first-order chi connectivity index (χ1) is 11.8. The normalized spacial score (nSPS) is 10.7. The molecule has 0 spiro atoms. The highest BCUT2D eigenvalue weighted by atomic mass is 35.5. The lowest BCUT2D eigenvalue weighted by molar-refractivity contribution is -0.694. The molecule has 0 saturated carbocycles. The molecule has 1 aromatic heterocycles. The molecule has 0 unspecified atom stereocenters. The molecule has 0 fully saturated rings. The van der Waals surface area contributed by atoms with Gasteiger partial charge in [0, 0.05) is 30.9 Å². The van der Waals surface area contributed by atoms with Gasteiger partial charge in [0.15, 0.2) is 18.9 Å². The predicted molar refractivity (Wildman–Crippen MR) is 97.4 cm³/mol. The summed E-state index contributed by atoms with van der Waals surface area (Å²) in [6, 6.07) is 12.2. The van der Waals surface area contributed by atoms with E-state index in [0.29, 0.717) is 19.6 Å². The highest BCUT2D eigenvalue weighted by molar-refractivity contribution is 5.70. The molecular formula is C19H26ClN3O2. The highest BCUT2D eigenvalue weighted by Crippen LogP contribution is 2.16. The van der Waals surface area contributed by atoms with Gasteiger partial charge in [-0.15, -0.1) is 0 Å². The van der Waals surface area contributed by atoms with Gasteiger partial charge in [-0.1, -0.05) is 24.3 Å². The first kappa shape index (κ1) is 21.1. The Morgan fingerprint density at radius 1 is 0.880 bits per heavy atom. The van der Waals surface area contributed by atoms with Gasteiger partial charge in [-0.3, -0.25) is 0 Å². The quantitative estimate of drug-likeness (QED) is 0.446. The van der Waals surface area contributed by atoms with Gasteiger partial charge in [-0.25, -0.2) is 4.57 Å². The summed E-state index contributed by atoms with van der Waals surface area (Å²) in [7, 11) is 0. The van der Waals surface area contributed by atoms with Gasteiger partial charge in [0.1, 0.15) is 0 Å². The van der Waals surface area contributed by atoms with Gasteiger partial charge in [0.2, 0.25) is 0 Å². The summed E-state index contributed by atoms with van der Waals surface area (Å²) < 4.78 is 2.06. The third-order valence-corrected chi connectivity index (χ3v) is 3.77. The molecule has 4 N–H and O–H groups in total. The van der Waals surface area contributed by atoms with Crippen molar-refractivity contribution in [2.24, 2.45) is 5.73 Å². The Labute approximate surface area is 155 Å². The molecule has 0 radical (unpaired) electrons. The maximum Gasteiger partial charge on any atom is 0.169 e. The maximum atomic E-state index is 9.10. The number of aliphatic hydroxyl groups is 2. The Balaban J connectivity index is 0.00000312. The summed E-state index contributed by atoms with van der Waals surface area (Å²) >= 11 is 0. The van der Waals surface area contributed by atoms with Crippen LogP contribution in [0.3, 0.4) is 0 Å². The molecule has 6 heteroatoms. The van der Waals surface area contributed by atoms with Gasteiger partial charge < -0.3 is 33.3 Å². The summed E-state index contributed by atoms with van der Waals surface area (Å²) in [5, 5.41) is 18.2. The lowest BCUT2D eigenvalue weighted by Gasteiger charge is -2.22. The number of hydrogen-bond acceptors (Lipinski definition) is 4. The summed E-state index contributed by atoms with van der Waals surface area (Å²) in [6.07, 6.45) is 8.18. The van der Waals surface area contributed by atoms with Crippen LogP contribution < -0.4 is 27.6 Å². The molecule has 0 bridgehead atoms. The minimum absolute atomic E-state index is 0. The van der Waals surface area contributed by atoms with E-state index in [1.807, 2.05) is 41.6 Å². The van der Waals surface area contributed by atoms with Crippen LogP contribution in [-0.4, -0.2) is 43.1 Å². The highest BCUT2D eigenvalue weighted by Gasteiger charge is 2.04. The molecule has 0 aliphatic rings. The Kier molecular flexibility index (Phi) is 9.80. The largest absolute Gasteiger partial charge is 1.00 e. The van der Waals surface area contributed by atoms with Gasteiger partial charge in [-0.05, 0) is 23.3 Å². The SMILES string of the molecule is NCC[n+]1ccc(C=Cc2ccc(N(CCO)CCO)cc2)cc1.[Cl-]. The van der Waals surface area contributed by atoms with Crippen molar-refractivity contribution >= 4 is 17.8 Å². The van der Waals surface area contributed by atoms with E-state index in [1.54, 1.807) is 0 Å². The van der Waals surface area contributed by atoms with E-state index >= 15 is 0 Å². The van der Waals surface area contributed by atoms with Crippen LogP contribution in [0.2, 0.25) is 0 Å². The molecule has 5 nitrogen and oxygen atoms in total. The second-order valence-corrected chi connectivity index (χ2v) is 5.52. The topological polar surface area (TPSA) is 73.6 Å². The van der Waals surface area contributed by atoms with Crippen LogP contribution >= 0.6 is 0 Å². The zero-order valence-corrected chi connectivity index (χ0v) is 15.0. The van der Waals surface area contributed by atoms with E-state index in [9.17, 15) is 0 Å². The molecule has 0 amide bonds. The van der Waals surface area contributed by atoms with Crippen molar-refractivity contribution in [1.82, 2.24) is 0 Å². The molecule has 2 aromatic rings. The standard InChI is InChI=1S/C19H26N3O2.ClH/c20-9-12-21-10-7-18(8-11-21)2-1-17-3-5-19(6-4-17)22(13-15-23)14-16-24;/h1-8,10-11,23-24H,9,12-16,20H2;1H/q+1;/p-1. The number of aromatic nitrogens is 1. The summed E-state index contributed by atoms with van der Waals surface area (Å²) in [5.74, 6) is 0. The van der Waals surface area contributed by atoms with Crippen LogP contribution in [0.1, 0.15) is 11.1 Å². The fourth-order valence-electron chi connectivity index (χ4n) is 2.48. The molecule has 2 rings (SSSR count). The smallest absolute Gasteiger partial charge is 0.169 e. The van der Waals surface area contributed by atoms with Gasteiger partial charge >= 0.3 is 0 Å². The third-order valence-electron chi connectivity index (χ3n) is 3.77. The van der Waals surface area contributed by atoms with Crippen LogP contribution in [-0.2, 0) is 6.54 Å². The van der Waals surface area contributed by atoms with Crippen molar-refractivity contribution in [2.75, 3.05) is 37.7 Å². The number of nitrogens with two attached hydrogens (primary N) is 1. The Morgan fingerprint density at radius 3 is 1.88 bits per heavy atom. The van der Waals surface area contributed by atoms with E-state index in [0.717, 1.165) is 23.4 Å². The minimum atomic E-state index is 0. The van der Waals surface area contributed by atoms with Crippen LogP contribution in [0.5, 0.6) is 0 Å². The fraction of sp³-hybridized carbons (Fsp3) is 0.316. The van der Waals surface area contributed by atoms with Crippen molar-refractivity contribution < 1.29 is 27.2 Å². The minimum Gasteiger partial charge on any atom is -1.00 e. The Morgan fingerprint density at radius 2 is 1.40 bits per heavy atom. The first-order valence-corrected chi connectivity index (χ1v) is 8.21. The van der Waals surface area contributed by atoms with Gasteiger partial charge in [-0.2, -0.15) is 0 Å². The Bertz CT molecular complexity index is 624. The zero-order valence-electron chi connectivity index (χ0n) is 14.3. The monoisotopic (exact) mass is 363 g/mol. The Hall–Kier alpha value is -1.92. The molecular weight excluding hydrogens is 338 g/mol. The van der Waals surface area contributed by atoms with Gasteiger partial charge in [0.05, 0.1) is 19.8 Å². The number of hydrogen-bond donors (Lipinski definition) is 3. The van der Waals surface area contributed by atoms with Crippen LogP contribution in [0.25, 0.3) is 12.2 Å². The van der Waals surface area contributed by atoms with Crippen molar-refractivity contribution in [3.05, 3.63) is 59.9 Å². The molecule has 25 heavy (non-hydrogen) atoms. The van der Waals surface area contributed by atoms with Crippen molar-refractivity contribution in [3.63, 3.8) is 0 Å². The van der Waals surface area contributed by atoms with Crippen LogP contribution in [0.15, 0.2) is 48.8 Å². The molecule has 1 heterocycles. The summed E-state index contributed by atoms with van der Waals surface area (Å²) in [4.78, 5) is 1.96. The number of nitrogens with zero attached hydrogens (tertiary/aromatic N) is 2. The summed E-state index contributed by atoms with van der Waals surface area (Å²) in [6.45, 7) is 2.63. The first-order valence-electron chi connectivity index (χ1n) is 8.21. The van der Waals surface area contributed by atoms with E-state index in [4.69, 9.17) is 15.9 Å². The lowest BCUT2D eigenvalue weighted by atomic mass is 10.1. The van der Waals surface area contributed by atoms with Crippen molar-refractivity contribution in [2.45, 2.75) is 6.54 Å². The number of rotatable bonds is 9. The molecule has 0 aliphatic carbocycles. The van der Waals surface area contributed by atoms with Gasteiger partial charge in [0.25, 0.3) is 0 Å². The number of halogens is 1. The molecule has 136 valence electrons. The van der Waals surface area contributed by atoms with Crippen molar-refractivity contribution in [1.29, 1.82) is 0 Å². The average molecular weight is 364 g/mol. The van der Waals surface area contributed by atoms with E-state index in [1.165, 1.54) is 0 Å². The summed E-state index contributed by atoms with van der Waals surface area (Å²) in [5.41, 5.74) is 8.77. The fourth-order valence-corrected chi connectivity index (χ4v) is 2.48. The molecule has 0 aliphatic heterocycles. The molecule has 0 atom stereocenters. The second kappa shape index (κ2) is 11.6. The maximum absolute atomic E-state index is 9.10. The molecule has 0 saturated heterocycles. The van der Waals surface area contributed by atoms with Crippen molar-refractivity contribution in [3.8, 4) is 0 Å². The molecule has 1 aromatic carbocycles. The lowest BCUT2D eigenvalue weighted by Crippen LogP contribution is -3.00. The number of aliphatic hydroxyl groups excluding tert-OH is 2. The van der Waals surface area contributed by atoms with Crippen LogP contribution in [0.4, 0.5) is 5.69 Å². The van der Waals surface area contributed by atoms with Crippen LogP contribution in [0, 0.1) is 0 Å². The third kappa shape index (κ3) is 6.84. The number of anilines is 1. The predicted octanol–water partition coefficient (Wildman–Crippen LogP) is -2.10. The number of pyridine rings is 1. The average Bonchev–Trinajstić information content (AvgIpc) is 2.62. The van der Waals surface area contributed by atoms with E-state index in [-0.39, 0.29) is 25.6 Å². The van der Waals surface area contributed by atoms with E-state index in [2.05, 4.69) is 28.9 Å².